The molecule has 1 aliphatic rings. The lowest BCUT2D eigenvalue weighted by Gasteiger charge is -2.17. The summed E-state index contributed by atoms with van der Waals surface area (Å²) in [4.78, 5) is 10.8. The molecule has 1 unspecified atom stereocenters. The van der Waals surface area contributed by atoms with Crippen molar-refractivity contribution in [3.05, 3.63) is 30.3 Å². The van der Waals surface area contributed by atoms with Gasteiger partial charge in [0.2, 0.25) is 0 Å². The third-order valence-corrected chi connectivity index (χ3v) is 2.21. The summed E-state index contributed by atoms with van der Waals surface area (Å²) in [6, 6.07) is 8.99. The van der Waals surface area contributed by atoms with Crippen LogP contribution in [0, 0.1) is 0 Å². The molecule has 86 valence electrons. The van der Waals surface area contributed by atoms with Crippen LogP contribution in [0.2, 0.25) is 0 Å². The fourth-order valence-electron chi connectivity index (χ4n) is 1.28. The van der Waals surface area contributed by atoms with Crippen molar-refractivity contribution in [1.29, 1.82) is 0 Å². The summed E-state index contributed by atoms with van der Waals surface area (Å²) in [6.07, 6.45) is 1.29. The van der Waals surface area contributed by atoms with Gasteiger partial charge in [0.25, 0.3) is 5.69 Å². The molecular formula is C9H9BFN5O. The van der Waals surface area contributed by atoms with E-state index in [1.165, 1.54) is 0 Å². The van der Waals surface area contributed by atoms with E-state index < -0.39 is 12.5 Å². The summed E-state index contributed by atoms with van der Waals surface area (Å²) in [5.74, 6) is 0. The summed E-state index contributed by atoms with van der Waals surface area (Å²) in [5.41, 5.74) is 1.18. The van der Waals surface area contributed by atoms with Gasteiger partial charge in [0.1, 0.15) is 6.19 Å². The SMILES string of the molecule is O=CB(NNc1ccccc1)C1(F)C=NN=N1. The van der Waals surface area contributed by atoms with Crippen LogP contribution in [-0.2, 0) is 4.79 Å². The van der Waals surface area contributed by atoms with Crippen LogP contribution in [0.1, 0.15) is 0 Å². The second kappa shape index (κ2) is 4.83. The number of hydrogen-bond acceptors (Lipinski definition) is 6. The van der Waals surface area contributed by atoms with Crippen molar-refractivity contribution in [2.24, 2.45) is 15.4 Å². The Labute approximate surface area is 97.1 Å². The summed E-state index contributed by atoms with van der Waals surface area (Å²) >= 11 is 0. The van der Waals surface area contributed by atoms with Gasteiger partial charge >= 0.3 is 6.85 Å². The second-order valence-corrected chi connectivity index (χ2v) is 3.41. The number of hydrogen-bond donors (Lipinski definition) is 2. The predicted molar refractivity (Wildman–Crippen MR) is 62.9 cm³/mol. The Bertz CT molecular complexity index is 440. The molecule has 6 nitrogen and oxygen atoms in total. The average molecular weight is 233 g/mol. The van der Waals surface area contributed by atoms with Crippen LogP contribution in [0.25, 0.3) is 0 Å². The molecule has 1 aliphatic heterocycles. The van der Waals surface area contributed by atoms with Crippen molar-refractivity contribution in [2.75, 3.05) is 5.43 Å². The molecule has 0 saturated heterocycles. The Hall–Kier alpha value is -2.09. The summed E-state index contributed by atoms with van der Waals surface area (Å²) in [5, 5.41) is 12.2. The van der Waals surface area contributed by atoms with Crippen LogP contribution < -0.4 is 10.8 Å². The van der Waals surface area contributed by atoms with Crippen LogP contribution in [0.15, 0.2) is 45.8 Å². The van der Waals surface area contributed by atoms with Gasteiger partial charge in [-0.05, 0) is 17.4 Å². The van der Waals surface area contributed by atoms with Crippen LogP contribution in [0.5, 0.6) is 0 Å². The summed E-state index contributed by atoms with van der Waals surface area (Å²) in [7, 11) is 0. The van der Waals surface area contributed by atoms with Gasteiger partial charge in [-0.25, -0.2) is 4.39 Å². The van der Waals surface area contributed by atoms with E-state index in [1.807, 2.05) is 18.2 Å². The van der Waals surface area contributed by atoms with Crippen molar-refractivity contribution in [3.63, 3.8) is 0 Å². The van der Waals surface area contributed by atoms with Gasteiger partial charge in [-0.3, -0.25) is 5.34 Å². The maximum Gasteiger partial charge on any atom is 0.393 e. The number of rotatable bonds is 5. The molecule has 1 aromatic rings. The molecule has 0 aliphatic carbocycles. The number of nitrogens with one attached hydrogen (secondary N) is 2. The van der Waals surface area contributed by atoms with E-state index in [9.17, 15) is 9.18 Å². The lowest BCUT2D eigenvalue weighted by molar-refractivity contribution is 0.373. The van der Waals surface area contributed by atoms with E-state index in [0.29, 0.717) is 11.9 Å². The highest BCUT2D eigenvalue weighted by Crippen LogP contribution is 2.17. The molecule has 1 heterocycles. The maximum atomic E-state index is 13.9. The zero-order chi connectivity index (χ0) is 12.1. The molecule has 0 aromatic heterocycles. The third-order valence-electron chi connectivity index (χ3n) is 2.21. The highest BCUT2D eigenvalue weighted by molar-refractivity contribution is 6.86. The first-order chi connectivity index (χ1) is 8.24. The molecule has 0 bridgehead atoms. The highest BCUT2D eigenvalue weighted by atomic mass is 19.1. The molecule has 1 atom stereocenters. The van der Waals surface area contributed by atoms with Crippen LogP contribution in [0.3, 0.4) is 0 Å². The molecule has 0 fully saturated rings. The minimum atomic E-state index is -2.23. The second-order valence-electron chi connectivity index (χ2n) is 3.41. The van der Waals surface area contributed by atoms with Gasteiger partial charge in [0.15, 0.2) is 0 Å². The molecule has 8 heteroatoms. The molecule has 0 radical (unpaired) electrons. The zero-order valence-electron chi connectivity index (χ0n) is 8.75. The molecule has 17 heavy (non-hydrogen) atoms. The van der Waals surface area contributed by atoms with Crippen molar-refractivity contribution in [2.45, 2.75) is 5.69 Å². The molecular weight excluding hydrogens is 224 g/mol. The first-order valence-electron chi connectivity index (χ1n) is 4.92. The number of para-hydroxylation sites is 1. The molecule has 1 aromatic carbocycles. The monoisotopic (exact) mass is 233 g/mol. The van der Waals surface area contributed by atoms with Crippen LogP contribution in [0.4, 0.5) is 10.1 Å². The Morgan fingerprint density at radius 1 is 1.35 bits per heavy atom. The summed E-state index contributed by atoms with van der Waals surface area (Å²) in [6.45, 7) is -1.20. The van der Waals surface area contributed by atoms with E-state index in [4.69, 9.17) is 0 Å². The Morgan fingerprint density at radius 2 is 2.12 bits per heavy atom. The molecule has 0 saturated carbocycles. The topological polar surface area (TPSA) is 78.2 Å². The van der Waals surface area contributed by atoms with E-state index in [0.717, 1.165) is 6.21 Å². The maximum absolute atomic E-state index is 13.9. The van der Waals surface area contributed by atoms with Crippen molar-refractivity contribution in [1.82, 2.24) is 5.34 Å². The lowest BCUT2D eigenvalue weighted by Crippen LogP contribution is -2.55. The molecule has 2 rings (SSSR count). The molecule has 0 amide bonds. The highest BCUT2D eigenvalue weighted by Gasteiger charge is 2.45. The fraction of sp³-hybridized carbons (Fsp3) is 0.111. The largest absolute Gasteiger partial charge is 0.393 e. The smallest absolute Gasteiger partial charge is 0.331 e. The number of carbonyl (C=O) groups excluding carboxylic acids is 1. The van der Waals surface area contributed by atoms with Crippen molar-refractivity contribution >= 4 is 24.9 Å². The van der Waals surface area contributed by atoms with Gasteiger partial charge in [-0.2, -0.15) is 0 Å². The molecule has 2 N–H and O–H groups in total. The first kappa shape index (κ1) is 11.4. The fourth-order valence-corrected chi connectivity index (χ4v) is 1.28. The normalized spacial score (nSPS) is 21.5. The number of halogens is 1. The average Bonchev–Trinajstić information content (AvgIpc) is 2.79. The standard InChI is InChI=1S/C9H9BFN5O/c11-9(6-12-16-14-9)10(7-17)15-13-8-4-2-1-3-5-8/h1-7,13,15H. The van der Waals surface area contributed by atoms with Gasteiger partial charge in [-0.15, -0.1) is 10.2 Å². The lowest BCUT2D eigenvalue weighted by atomic mass is 9.56. The van der Waals surface area contributed by atoms with Gasteiger partial charge in [-0.1, -0.05) is 18.2 Å². The van der Waals surface area contributed by atoms with Crippen LogP contribution >= 0.6 is 0 Å². The Kier molecular flexibility index (Phi) is 3.24. The van der Waals surface area contributed by atoms with Gasteiger partial charge in [0, 0.05) is 5.69 Å². The zero-order valence-corrected chi connectivity index (χ0v) is 8.75. The van der Waals surface area contributed by atoms with Crippen LogP contribution in [-0.4, -0.2) is 24.9 Å². The van der Waals surface area contributed by atoms with E-state index >= 15 is 0 Å². The molecule has 0 spiro atoms. The number of nitrogens with zero attached hydrogens (tertiary/aromatic N) is 3. The number of hydrazine groups is 1. The number of benzene rings is 1. The third kappa shape index (κ3) is 2.54. The minimum absolute atomic E-state index is 0.409. The first-order valence-corrected chi connectivity index (χ1v) is 4.92. The van der Waals surface area contributed by atoms with Gasteiger partial charge < -0.3 is 10.2 Å². The van der Waals surface area contributed by atoms with Crippen molar-refractivity contribution < 1.29 is 9.18 Å². The predicted octanol–water partition coefficient (Wildman–Crippen LogP) is 1.02. The van der Waals surface area contributed by atoms with Crippen molar-refractivity contribution in [3.8, 4) is 0 Å². The Morgan fingerprint density at radius 3 is 2.71 bits per heavy atom. The van der Waals surface area contributed by atoms with E-state index in [1.54, 1.807) is 12.1 Å². The number of carbonyl (C=O) groups is 1. The Balaban J connectivity index is 1.99. The minimum Gasteiger partial charge on any atom is -0.331 e. The number of anilines is 1. The van der Waals surface area contributed by atoms with E-state index in [2.05, 4.69) is 26.2 Å². The summed E-state index contributed by atoms with van der Waals surface area (Å²) < 4.78 is 13.9. The van der Waals surface area contributed by atoms with Gasteiger partial charge in [0.05, 0.1) is 6.21 Å². The van der Waals surface area contributed by atoms with E-state index in [-0.39, 0.29) is 0 Å². The quantitative estimate of drug-likeness (QED) is 0.345. The number of alkyl halides is 1.